The van der Waals surface area contributed by atoms with E-state index in [4.69, 9.17) is 14.2 Å². The van der Waals surface area contributed by atoms with Crippen LogP contribution in [-0.4, -0.2) is 12.6 Å². The second kappa shape index (κ2) is 6.77. The van der Waals surface area contributed by atoms with Crippen molar-refractivity contribution in [3.05, 3.63) is 57.6 Å². The second-order valence-electron chi connectivity index (χ2n) is 10.2. The molecule has 0 N–H and O–H groups in total. The zero-order valence-corrected chi connectivity index (χ0v) is 19.1. The van der Waals surface area contributed by atoms with Gasteiger partial charge in [-0.25, -0.2) is 0 Å². The van der Waals surface area contributed by atoms with Crippen molar-refractivity contribution >= 4 is 0 Å². The summed E-state index contributed by atoms with van der Waals surface area (Å²) >= 11 is 0. The summed E-state index contributed by atoms with van der Waals surface area (Å²) in [5.74, 6) is 1.96. The van der Waals surface area contributed by atoms with Gasteiger partial charge in [-0.05, 0) is 60.8 Å². The zero-order valence-electron chi connectivity index (χ0n) is 19.1. The molecular formula is C26H34O3. The van der Waals surface area contributed by atoms with Gasteiger partial charge in [-0.3, -0.25) is 0 Å². The van der Waals surface area contributed by atoms with E-state index in [-0.39, 0.29) is 23.4 Å². The van der Waals surface area contributed by atoms with Crippen LogP contribution in [0.25, 0.3) is 0 Å². The van der Waals surface area contributed by atoms with Gasteiger partial charge in [-0.15, -0.1) is 0 Å². The lowest BCUT2D eigenvalue weighted by atomic mass is 9.75. The number of hydrogen-bond donors (Lipinski definition) is 0. The number of fused-ring (bicyclic) bond motifs is 2. The van der Waals surface area contributed by atoms with E-state index in [1.54, 1.807) is 0 Å². The molecule has 29 heavy (non-hydrogen) atoms. The topological polar surface area (TPSA) is 27.7 Å². The lowest BCUT2D eigenvalue weighted by Crippen LogP contribution is -2.44. The molecule has 156 valence electrons. The van der Waals surface area contributed by atoms with Crippen molar-refractivity contribution in [2.75, 3.05) is 0 Å². The molecule has 0 bridgehead atoms. The van der Waals surface area contributed by atoms with E-state index in [1.807, 2.05) is 0 Å². The molecule has 0 fully saturated rings. The third kappa shape index (κ3) is 3.44. The van der Waals surface area contributed by atoms with E-state index in [2.05, 4.69) is 79.7 Å². The van der Waals surface area contributed by atoms with Gasteiger partial charge >= 0.3 is 0 Å². The fourth-order valence-corrected chi connectivity index (χ4v) is 5.26. The Labute approximate surface area is 175 Å². The summed E-state index contributed by atoms with van der Waals surface area (Å²) in [4.78, 5) is 0. The molecule has 2 aromatic rings. The predicted octanol–water partition coefficient (Wildman–Crippen LogP) is 6.41. The summed E-state index contributed by atoms with van der Waals surface area (Å²) < 4.78 is 19.2. The fraction of sp³-hybridized carbons (Fsp3) is 0.538. The van der Waals surface area contributed by atoms with Crippen molar-refractivity contribution in [2.45, 2.75) is 91.6 Å². The minimum Gasteiger partial charge on any atom is -0.464 e. The van der Waals surface area contributed by atoms with Crippen LogP contribution in [0.15, 0.2) is 24.3 Å². The lowest BCUT2D eigenvalue weighted by molar-refractivity contribution is -0.208. The standard InChI is InChI=1S/C26H34O3/c1-15-9-11-17(3)23-21(15)25(5,6)13-19(28-23)27-20-14-26(7,8)22-16(2)10-12-18(4)24(22)29-20/h9-12,19-20H,13-14H2,1-8H3. The molecule has 2 aliphatic heterocycles. The van der Waals surface area contributed by atoms with Crippen molar-refractivity contribution in [1.29, 1.82) is 0 Å². The second-order valence-corrected chi connectivity index (χ2v) is 10.2. The summed E-state index contributed by atoms with van der Waals surface area (Å²) in [5.41, 5.74) is 7.47. The van der Waals surface area contributed by atoms with Crippen molar-refractivity contribution in [3.8, 4) is 11.5 Å². The van der Waals surface area contributed by atoms with Crippen molar-refractivity contribution in [1.82, 2.24) is 0 Å². The Kier molecular flexibility index (Phi) is 4.73. The molecule has 2 unspecified atom stereocenters. The van der Waals surface area contributed by atoms with Crippen molar-refractivity contribution in [2.24, 2.45) is 0 Å². The van der Waals surface area contributed by atoms with Gasteiger partial charge in [-0.1, -0.05) is 52.0 Å². The smallest absolute Gasteiger partial charge is 0.204 e. The lowest BCUT2D eigenvalue weighted by Gasteiger charge is -2.43. The van der Waals surface area contributed by atoms with E-state index in [0.29, 0.717) is 0 Å². The Bertz CT molecular complexity index is 877. The molecule has 4 rings (SSSR count). The SMILES string of the molecule is Cc1ccc(C)c2c1OC(OC1CC(C)(C)c3c(C)ccc(C)c3O1)CC2(C)C. The monoisotopic (exact) mass is 394 g/mol. The van der Waals surface area contributed by atoms with Gasteiger partial charge in [0, 0.05) is 24.0 Å². The molecule has 0 aromatic heterocycles. The molecule has 0 saturated carbocycles. The fourth-order valence-electron chi connectivity index (χ4n) is 5.26. The summed E-state index contributed by atoms with van der Waals surface area (Å²) in [6, 6.07) is 8.65. The molecule has 0 saturated heterocycles. The molecule has 2 atom stereocenters. The summed E-state index contributed by atoms with van der Waals surface area (Å²) in [5, 5.41) is 0. The number of rotatable bonds is 2. The zero-order chi connectivity index (χ0) is 21.1. The first-order chi connectivity index (χ1) is 13.5. The van der Waals surface area contributed by atoms with Crippen LogP contribution in [0.5, 0.6) is 11.5 Å². The summed E-state index contributed by atoms with van der Waals surface area (Å²) in [6.45, 7) is 17.7. The van der Waals surface area contributed by atoms with Gasteiger partial charge in [0.2, 0.25) is 12.6 Å². The van der Waals surface area contributed by atoms with Crippen LogP contribution in [-0.2, 0) is 15.6 Å². The minimum absolute atomic E-state index is 0.0110. The largest absolute Gasteiger partial charge is 0.464 e. The van der Waals surface area contributed by atoms with E-state index in [1.165, 1.54) is 22.3 Å². The Balaban J connectivity index is 1.62. The van der Waals surface area contributed by atoms with Gasteiger partial charge in [0.25, 0.3) is 0 Å². The Morgan fingerprint density at radius 1 is 0.655 bits per heavy atom. The summed E-state index contributed by atoms with van der Waals surface area (Å²) in [6.07, 6.45) is 0.991. The molecule has 2 aromatic carbocycles. The van der Waals surface area contributed by atoms with Gasteiger partial charge in [-0.2, -0.15) is 0 Å². The van der Waals surface area contributed by atoms with Crippen LogP contribution >= 0.6 is 0 Å². The predicted molar refractivity (Wildman–Crippen MR) is 117 cm³/mol. The first kappa shape index (κ1) is 20.3. The van der Waals surface area contributed by atoms with E-state index in [0.717, 1.165) is 35.5 Å². The number of hydrogen-bond acceptors (Lipinski definition) is 3. The molecule has 0 radical (unpaired) electrons. The average molecular weight is 395 g/mol. The maximum absolute atomic E-state index is 6.46. The van der Waals surface area contributed by atoms with Gasteiger partial charge in [0.15, 0.2) is 0 Å². The third-order valence-electron chi connectivity index (χ3n) is 6.64. The van der Waals surface area contributed by atoms with Crippen LogP contribution in [0, 0.1) is 27.7 Å². The normalized spacial score (nSPS) is 24.1. The van der Waals surface area contributed by atoms with Gasteiger partial charge in [0.1, 0.15) is 11.5 Å². The Hall–Kier alpha value is -2.00. The first-order valence-corrected chi connectivity index (χ1v) is 10.7. The van der Waals surface area contributed by atoms with Crippen LogP contribution in [0.3, 0.4) is 0 Å². The highest BCUT2D eigenvalue weighted by Gasteiger charge is 2.42. The third-order valence-corrected chi connectivity index (χ3v) is 6.64. The highest BCUT2D eigenvalue weighted by atomic mass is 16.8. The quantitative estimate of drug-likeness (QED) is 0.589. The highest BCUT2D eigenvalue weighted by Crippen LogP contribution is 2.47. The van der Waals surface area contributed by atoms with Crippen LogP contribution in [0.1, 0.15) is 73.9 Å². The van der Waals surface area contributed by atoms with Crippen molar-refractivity contribution in [3.63, 3.8) is 0 Å². The maximum Gasteiger partial charge on any atom is 0.204 e. The average Bonchev–Trinajstić information content (AvgIpc) is 2.59. The maximum atomic E-state index is 6.46. The highest BCUT2D eigenvalue weighted by molar-refractivity contribution is 5.52. The van der Waals surface area contributed by atoms with Crippen LogP contribution < -0.4 is 9.47 Å². The summed E-state index contributed by atoms with van der Waals surface area (Å²) in [7, 11) is 0. The van der Waals surface area contributed by atoms with E-state index >= 15 is 0 Å². The molecule has 2 heterocycles. The van der Waals surface area contributed by atoms with Gasteiger partial charge in [0.05, 0.1) is 0 Å². The molecule has 0 amide bonds. The molecule has 0 aliphatic carbocycles. The minimum atomic E-state index is -0.314. The first-order valence-electron chi connectivity index (χ1n) is 10.7. The Morgan fingerprint density at radius 3 is 1.38 bits per heavy atom. The molecular weight excluding hydrogens is 360 g/mol. The van der Waals surface area contributed by atoms with Crippen LogP contribution in [0.4, 0.5) is 0 Å². The van der Waals surface area contributed by atoms with Crippen LogP contribution in [0.2, 0.25) is 0 Å². The van der Waals surface area contributed by atoms with Crippen molar-refractivity contribution < 1.29 is 14.2 Å². The molecule has 2 aliphatic rings. The Morgan fingerprint density at radius 2 is 1.00 bits per heavy atom. The number of aryl methyl sites for hydroxylation is 4. The molecule has 3 nitrogen and oxygen atoms in total. The van der Waals surface area contributed by atoms with E-state index in [9.17, 15) is 0 Å². The molecule has 0 spiro atoms. The molecule has 3 heteroatoms. The number of ether oxygens (including phenoxy) is 3. The van der Waals surface area contributed by atoms with Gasteiger partial charge < -0.3 is 14.2 Å². The van der Waals surface area contributed by atoms with E-state index < -0.39 is 0 Å². The number of benzene rings is 2.